The molecule has 0 saturated carbocycles. The fourth-order valence-electron chi connectivity index (χ4n) is 4.20. The summed E-state index contributed by atoms with van der Waals surface area (Å²) in [6, 6.07) is 9.21. The molecule has 2 aromatic rings. The van der Waals surface area contributed by atoms with Crippen molar-refractivity contribution in [3.63, 3.8) is 0 Å². The van der Waals surface area contributed by atoms with Crippen molar-refractivity contribution in [1.29, 1.82) is 0 Å². The summed E-state index contributed by atoms with van der Waals surface area (Å²) in [5.41, 5.74) is 2.06. The van der Waals surface area contributed by atoms with Crippen LogP contribution in [0.3, 0.4) is 0 Å². The molecule has 1 aromatic carbocycles. The summed E-state index contributed by atoms with van der Waals surface area (Å²) in [6.07, 6.45) is 3.45. The van der Waals surface area contributed by atoms with E-state index in [-0.39, 0.29) is 36.5 Å². The highest BCUT2D eigenvalue weighted by Crippen LogP contribution is 2.26. The second-order valence-corrected chi connectivity index (χ2v) is 9.07. The van der Waals surface area contributed by atoms with Crippen LogP contribution < -0.4 is 10.1 Å². The van der Waals surface area contributed by atoms with Crippen molar-refractivity contribution in [2.45, 2.75) is 32.5 Å². The Morgan fingerprint density at radius 1 is 1.17 bits per heavy atom. The summed E-state index contributed by atoms with van der Waals surface area (Å²) in [7, 11) is 4.89. The average Bonchev–Trinajstić information content (AvgIpc) is 2.85. The summed E-state index contributed by atoms with van der Waals surface area (Å²) in [5, 5.41) is 2.76. The third-order valence-electron chi connectivity index (χ3n) is 6.27. The largest absolute Gasteiger partial charge is 0.491 e. The number of methoxy groups -OCH3 is 2. The molecule has 3 atom stereocenters. The molecule has 1 N–H and O–H groups in total. The number of aromatic nitrogens is 1. The van der Waals surface area contributed by atoms with Crippen LogP contribution in [0.5, 0.6) is 5.75 Å². The number of benzene rings is 1. The fraction of sp³-hybridized carbons (Fsp3) is 0.500. The standard InChI is InChI=1S/C26H36N4O5/c1-18-13-30(14-20-8-10-27-11-9-20)19(2)16-35-23-7-6-21(28-25(31)17-33-4)12-22(23)26(32)29(3)15-24(18)34-5/h6-12,18-19,24H,13-17H2,1-5H3,(H,28,31)/t18-,19+,24+/m0/s1. The first-order valence-electron chi connectivity index (χ1n) is 11.8. The van der Waals surface area contributed by atoms with E-state index >= 15 is 0 Å². The van der Waals surface area contributed by atoms with E-state index in [4.69, 9.17) is 14.2 Å². The van der Waals surface area contributed by atoms with E-state index in [1.807, 2.05) is 12.1 Å². The Morgan fingerprint density at radius 3 is 2.60 bits per heavy atom. The molecule has 190 valence electrons. The number of carbonyl (C=O) groups is 2. The number of likely N-dealkylation sites (N-methyl/N-ethyl adjacent to an activating group) is 1. The Bertz CT molecular complexity index is 987. The molecule has 0 saturated heterocycles. The van der Waals surface area contributed by atoms with Crippen LogP contribution in [0, 0.1) is 5.92 Å². The molecule has 1 aromatic heterocycles. The van der Waals surface area contributed by atoms with Gasteiger partial charge < -0.3 is 24.4 Å². The number of nitrogens with zero attached hydrogens (tertiary/aromatic N) is 3. The SMILES string of the molecule is COCC(=O)Nc1ccc2c(c1)C(=O)N(C)C[C@@H](OC)[C@@H](C)CN(Cc1ccncc1)[C@H](C)CO2. The van der Waals surface area contributed by atoms with Crippen LogP contribution in [-0.2, 0) is 20.8 Å². The first-order chi connectivity index (χ1) is 16.8. The van der Waals surface area contributed by atoms with E-state index < -0.39 is 0 Å². The van der Waals surface area contributed by atoms with Crippen molar-refractivity contribution >= 4 is 17.5 Å². The van der Waals surface area contributed by atoms with Crippen LogP contribution in [-0.4, -0.2) is 86.3 Å². The Labute approximate surface area is 207 Å². The maximum Gasteiger partial charge on any atom is 0.257 e. The minimum absolute atomic E-state index is 0.0698. The third-order valence-corrected chi connectivity index (χ3v) is 6.27. The zero-order chi connectivity index (χ0) is 25.4. The highest BCUT2D eigenvalue weighted by molar-refractivity contribution is 5.99. The number of nitrogens with one attached hydrogen (secondary N) is 1. The zero-order valence-electron chi connectivity index (χ0n) is 21.2. The molecule has 0 radical (unpaired) electrons. The summed E-state index contributed by atoms with van der Waals surface area (Å²) in [4.78, 5) is 33.5. The summed E-state index contributed by atoms with van der Waals surface area (Å²) in [6.45, 7) is 6.55. The minimum atomic E-state index is -0.295. The number of hydrogen-bond acceptors (Lipinski definition) is 7. The Morgan fingerprint density at radius 2 is 1.91 bits per heavy atom. The van der Waals surface area contributed by atoms with Gasteiger partial charge in [-0.15, -0.1) is 0 Å². The fourth-order valence-corrected chi connectivity index (χ4v) is 4.20. The van der Waals surface area contributed by atoms with Crippen molar-refractivity contribution in [2.24, 2.45) is 5.92 Å². The maximum atomic E-state index is 13.4. The van der Waals surface area contributed by atoms with Crippen molar-refractivity contribution in [2.75, 3.05) is 52.9 Å². The third kappa shape index (κ3) is 7.24. The average molecular weight is 485 g/mol. The number of hydrogen-bond donors (Lipinski definition) is 1. The second kappa shape index (κ2) is 12.6. The topological polar surface area (TPSA) is 93.2 Å². The predicted molar refractivity (Wildman–Crippen MR) is 133 cm³/mol. The smallest absolute Gasteiger partial charge is 0.257 e. The summed E-state index contributed by atoms with van der Waals surface area (Å²) < 4.78 is 16.9. The molecule has 2 amide bonds. The van der Waals surface area contributed by atoms with Gasteiger partial charge in [0, 0.05) is 65.0 Å². The van der Waals surface area contributed by atoms with Crippen LogP contribution in [0.4, 0.5) is 5.69 Å². The van der Waals surface area contributed by atoms with Gasteiger partial charge in [0.15, 0.2) is 0 Å². The molecule has 9 heteroatoms. The Hall–Kier alpha value is -3.01. The normalized spacial score (nSPS) is 21.9. The second-order valence-electron chi connectivity index (χ2n) is 9.07. The number of rotatable bonds is 6. The monoisotopic (exact) mass is 484 g/mol. The van der Waals surface area contributed by atoms with Crippen LogP contribution in [0.25, 0.3) is 0 Å². The van der Waals surface area contributed by atoms with Crippen molar-refractivity contribution in [3.8, 4) is 5.75 Å². The van der Waals surface area contributed by atoms with Gasteiger partial charge in [-0.25, -0.2) is 0 Å². The van der Waals surface area contributed by atoms with Crippen molar-refractivity contribution in [1.82, 2.24) is 14.8 Å². The number of pyridine rings is 1. The van der Waals surface area contributed by atoms with Gasteiger partial charge in [0.2, 0.25) is 5.91 Å². The zero-order valence-corrected chi connectivity index (χ0v) is 21.2. The molecule has 3 rings (SSSR count). The molecule has 0 spiro atoms. The van der Waals surface area contributed by atoms with Gasteiger partial charge in [0.1, 0.15) is 19.0 Å². The van der Waals surface area contributed by atoms with Gasteiger partial charge in [-0.1, -0.05) is 6.92 Å². The van der Waals surface area contributed by atoms with Gasteiger partial charge in [0.05, 0.1) is 11.7 Å². The Kier molecular flexibility index (Phi) is 9.59. The molecule has 9 nitrogen and oxygen atoms in total. The number of ether oxygens (including phenoxy) is 3. The van der Waals surface area contributed by atoms with Gasteiger partial charge in [-0.3, -0.25) is 19.5 Å². The van der Waals surface area contributed by atoms with Gasteiger partial charge in [-0.05, 0) is 48.7 Å². The quantitative estimate of drug-likeness (QED) is 0.674. The van der Waals surface area contributed by atoms with Crippen LogP contribution in [0.2, 0.25) is 0 Å². The lowest BCUT2D eigenvalue weighted by Crippen LogP contribution is -2.46. The van der Waals surface area contributed by atoms with E-state index in [1.54, 1.807) is 49.7 Å². The lowest BCUT2D eigenvalue weighted by molar-refractivity contribution is -0.119. The van der Waals surface area contributed by atoms with E-state index in [1.165, 1.54) is 12.7 Å². The predicted octanol–water partition coefficient (Wildman–Crippen LogP) is 2.67. The number of anilines is 1. The molecular weight excluding hydrogens is 448 g/mol. The first kappa shape index (κ1) is 26.6. The van der Waals surface area contributed by atoms with E-state index in [2.05, 4.69) is 29.0 Å². The Balaban J connectivity index is 1.92. The van der Waals surface area contributed by atoms with Gasteiger partial charge in [0.25, 0.3) is 5.91 Å². The molecule has 1 aliphatic heterocycles. The number of amides is 2. The van der Waals surface area contributed by atoms with Gasteiger partial charge >= 0.3 is 0 Å². The number of fused-ring (bicyclic) bond motifs is 1. The molecule has 35 heavy (non-hydrogen) atoms. The molecule has 0 unspecified atom stereocenters. The van der Waals surface area contributed by atoms with Crippen LogP contribution in [0.1, 0.15) is 29.8 Å². The van der Waals surface area contributed by atoms with Crippen LogP contribution >= 0.6 is 0 Å². The molecule has 0 bridgehead atoms. The molecule has 2 heterocycles. The lowest BCUT2D eigenvalue weighted by atomic mass is 10.0. The number of carbonyl (C=O) groups excluding carboxylic acids is 2. The highest BCUT2D eigenvalue weighted by Gasteiger charge is 2.28. The minimum Gasteiger partial charge on any atom is -0.491 e. The van der Waals surface area contributed by atoms with Crippen molar-refractivity contribution < 1.29 is 23.8 Å². The van der Waals surface area contributed by atoms with Crippen molar-refractivity contribution in [3.05, 3.63) is 53.9 Å². The summed E-state index contributed by atoms with van der Waals surface area (Å²) in [5.74, 6) is 0.151. The van der Waals surface area contributed by atoms with E-state index in [0.717, 1.165) is 13.1 Å². The molecular formula is C26H36N4O5. The summed E-state index contributed by atoms with van der Waals surface area (Å²) >= 11 is 0. The van der Waals surface area contributed by atoms with Gasteiger partial charge in [-0.2, -0.15) is 0 Å². The molecule has 0 fully saturated rings. The molecule has 1 aliphatic rings. The van der Waals surface area contributed by atoms with E-state index in [9.17, 15) is 9.59 Å². The lowest BCUT2D eigenvalue weighted by Gasteiger charge is -2.36. The highest BCUT2D eigenvalue weighted by atomic mass is 16.5. The van der Waals surface area contributed by atoms with Crippen LogP contribution in [0.15, 0.2) is 42.7 Å². The molecule has 0 aliphatic carbocycles. The first-order valence-corrected chi connectivity index (χ1v) is 11.8. The maximum absolute atomic E-state index is 13.4. The van der Waals surface area contributed by atoms with E-state index in [0.29, 0.717) is 30.2 Å².